The minimum atomic E-state index is -0.848. The van der Waals surface area contributed by atoms with Gasteiger partial charge in [-0.1, -0.05) is 12.8 Å². The van der Waals surface area contributed by atoms with Gasteiger partial charge in [0.05, 0.1) is 12.0 Å². The van der Waals surface area contributed by atoms with Crippen molar-refractivity contribution in [1.29, 1.82) is 0 Å². The molecule has 1 atom stereocenters. The smallest absolute Gasteiger partial charge is 0.305 e. The fourth-order valence-corrected chi connectivity index (χ4v) is 2.40. The molecule has 1 saturated carbocycles. The van der Waals surface area contributed by atoms with Gasteiger partial charge < -0.3 is 16.2 Å². The van der Waals surface area contributed by atoms with Gasteiger partial charge in [-0.15, -0.1) is 0 Å². The Morgan fingerprint density at radius 3 is 2.47 bits per heavy atom. The first-order chi connectivity index (χ1) is 7.93. The molecule has 0 radical (unpaired) electrons. The second-order valence-corrected chi connectivity index (χ2v) is 5.12. The molecule has 5 heteroatoms. The number of nitrogens with two attached hydrogens (primary N) is 1. The first-order valence-electron chi connectivity index (χ1n) is 6.22. The molecule has 17 heavy (non-hydrogen) atoms. The summed E-state index contributed by atoms with van der Waals surface area (Å²) in [5, 5.41) is 11.8. The number of carbonyl (C=O) groups is 2. The second-order valence-electron chi connectivity index (χ2n) is 5.12. The summed E-state index contributed by atoms with van der Waals surface area (Å²) < 4.78 is 0. The number of hydrogen-bond donors (Lipinski definition) is 3. The van der Waals surface area contributed by atoms with Crippen molar-refractivity contribution in [1.82, 2.24) is 5.32 Å². The van der Waals surface area contributed by atoms with Crippen LogP contribution < -0.4 is 11.1 Å². The highest BCUT2D eigenvalue weighted by Crippen LogP contribution is 2.32. The first kappa shape index (κ1) is 14.0. The third-order valence-corrected chi connectivity index (χ3v) is 3.28. The normalized spacial score (nSPS) is 19.9. The number of carbonyl (C=O) groups excluding carboxylic acids is 1. The highest BCUT2D eigenvalue weighted by atomic mass is 16.4. The van der Waals surface area contributed by atoms with Gasteiger partial charge in [0.25, 0.3) is 0 Å². The van der Waals surface area contributed by atoms with Crippen LogP contribution in [0, 0.1) is 0 Å². The van der Waals surface area contributed by atoms with Crippen LogP contribution in [0.2, 0.25) is 0 Å². The first-order valence-corrected chi connectivity index (χ1v) is 6.22. The van der Waals surface area contributed by atoms with Crippen molar-refractivity contribution in [3.05, 3.63) is 0 Å². The topological polar surface area (TPSA) is 92.4 Å². The Bertz CT molecular complexity index is 283. The standard InChI is InChI=1S/C12H22N2O3/c1-9(13)4-5-10(15)14-12(8-11(16)17)6-2-3-7-12/h9H,2-8,13H2,1H3,(H,14,15)(H,16,17). The summed E-state index contributed by atoms with van der Waals surface area (Å²) in [5.41, 5.74) is 5.08. The van der Waals surface area contributed by atoms with Gasteiger partial charge in [-0.3, -0.25) is 9.59 Å². The van der Waals surface area contributed by atoms with E-state index in [4.69, 9.17) is 10.8 Å². The van der Waals surface area contributed by atoms with E-state index in [1.807, 2.05) is 6.92 Å². The molecule has 0 saturated heterocycles. The van der Waals surface area contributed by atoms with Gasteiger partial charge in [-0.2, -0.15) is 0 Å². The van der Waals surface area contributed by atoms with Gasteiger partial charge in [0.2, 0.25) is 5.91 Å². The maximum Gasteiger partial charge on any atom is 0.305 e. The molecule has 0 aliphatic heterocycles. The number of aliphatic carboxylic acids is 1. The predicted molar refractivity (Wildman–Crippen MR) is 64.5 cm³/mol. The summed E-state index contributed by atoms with van der Waals surface area (Å²) in [5.74, 6) is -0.926. The van der Waals surface area contributed by atoms with E-state index in [0.29, 0.717) is 12.8 Å². The molecule has 1 aliphatic carbocycles. The predicted octanol–water partition coefficient (Wildman–Crippen LogP) is 1.02. The van der Waals surface area contributed by atoms with E-state index < -0.39 is 11.5 Å². The minimum absolute atomic E-state index is 0.000230. The van der Waals surface area contributed by atoms with Crippen molar-refractivity contribution in [2.24, 2.45) is 5.73 Å². The lowest BCUT2D eigenvalue weighted by molar-refractivity contribution is -0.139. The largest absolute Gasteiger partial charge is 0.481 e. The lowest BCUT2D eigenvalue weighted by Crippen LogP contribution is -2.48. The Balaban J connectivity index is 2.49. The number of hydrogen-bond acceptors (Lipinski definition) is 3. The van der Waals surface area contributed by atoms with Gasteiger partial charge >= 0.3 is 5.97 Å². The molecule has 0 aromatic carbocycles. The van der Waals surface area contributed by atoms with E-state index in [0.717, 1.165) is 25.7 Å². The van der Waals surface area contributed by atoms with Crippen LogP contribution in [-0.4, -0.2) is 28.6 Å². The second kappa shape index (κ2) is 6.00. The molecule has 0 spiro atoms. The van der Waals surface area contributed by atoms with Crippen LogP contribution in [0.1, 0.15) is 51.9 Å². The Morgan fingerprint density at radius 2 is 2.00 bits per heavy atom. The fourth-order valence-electron chi connectivity index (χ4n) is 2.40. The van der Waals surface area contributed by atoms with Crippen molar-refractivity contribution >= 4 is 11.9 Å². The SMILES string of the molecule is CC(N)CCC(=O)NC1(CC(=O)O)CCCC1. The van der Waals surface area contributed by atoms with Crippen LogP contribution in [0.15, 0.2) is 0 Å². The van der Waals surface area contributed by atoms with E-state index in [-0.39, 0.29) is 18.4 Å². The van der Waals surface area contributed by atoms with E-state index in [1.54, 1.807) is 0 Å². The highest BCUT2D eigenvalue weighted by Gasteiger charge is 2.37. The Morgan fingerprint density at radius 1 is 1.41 bits per heavy atom. The molecule has 1 rings (SSSR count). The summed E-state index contributed by atoms with van der Waals surface area (Å²) >= 11 is 0. The van der Waals surface area contributed by atoms with Crippen LogP contribution in [-0.2, 0) is 9.59 Å². The lowest BCUT2D eigenvalue weighted by atomic mass is 9.93. The third kappa shape index (κ3) is 4.73. The number of carboxylic acid groups (broad SMARTS) is 1. The van der Waals surface area contributed by atoms with E-state index >= 15 is 0 Å². The van der Waals surface area contributed by atoms with Crippen molar-refractivity contribution in [2.45, 2.75) is 63.5 Å². The third-order valence-electron chi connectivity index (χ3n) is 3.28. The van der Waals surface area contributed by atoms with Gasteiger partial charge in [-0.05, 0) is 26.2 Å². The molecule has 98 valence electrons. The average Bonchev–Trinajstić information content (AvgIpc) is 2.62. The quantitative estimate of drug-likeness (QED) is 0.648. The summed E-state index contributed by atoms with van der Waals surface area (Å²) in [4.78, 5) is 22.6. The molecule has 0 aromatic heterocycles. The Hall–Kier alpha value is -1.10. The molecule has 1 aliphatic rings. The number of carboxylic acids is 1. The molecular weight excluding hydrogens is 220 g/mol. The maximum atomic E-state index is 11.7. The van der Waals surface area contributed by atoms with Gasteiger partial charge in [0.1, 0.15) is 0 Å². The maximum absolute atomic E-state index is 11.7. The van der Waals surface area contributed by atoms with Gasteiger partial charge in [0, 0.05) is 12.5 Å². The summed E-state index contributed by atoms with van der Waals surface area (Å²) in [6.07, 6.45) is 4.54. The molecule has 5 nitrogen and oxygen atoms in total. The summed E-state index contributed by atoms with van der Waals surface area (Å²) in [6, 6.07) is -0.000230. The van der Waals surface area contributed by atoms with E-state index in [2.05, 4.69) is 5.32 Å². The van der Waals surface area contributed by atoms with Gasteiger partial charge in [0.15, 0.2) is 0 Å². The van der Waals surface area contributed by atoms with Gasteiger partial charge in [-0.25, -0.2) is 0 Å². The number of nitrogens with one attached hydrogen (secondary N) is 1. The van der Waals surface area contributed by atoms with Crippen molar-refractivity contribution in [2.75, 3.05) is 0 Å². The van der Waals surface area contributed by atoms with Crippen LogP contribution in [0.4, 0.5) is 0 Å². The zero-order valence-electron chi connectivity index (χ0n) is 10.4. The van der Waals surface area contributed by atoms with Crippen LogP contribution >= 0.6 is 0 Å². The highest BCUT2D eigenvalue weighted by molar-refractivity contribution is 5.78. The molecule has 1 fully saturated rings. The number of amides is 1. The van der Waals surface area contributed by atoms with Crippen LogP contribution in [0.25, 0.3) is 0 Å². The van der Waals surface area contributed by atoms with Crippen LogP contribution in [0.3, 0.4) is 0 Å². The van der Waals surface area contributed by atoms with Crippen molar-refractivity contribution in [3.8, 4) is 0 Å². The Kier molecular flexibility index (Phi) is 4.93. The Labute approximate surface area is 102 Å². The van der Waals surface area contributed by atoms with Crippen molar-refractivity contribution < 1.29 is 14.7 Å². The molecule has 0 heterocycles. The summed E-state index contributed by atoms with van der Waals surface area (Å²) in [7, 11) is 0. The molecule has 0 bridgehead atoms. The molecule has 0 aromatic rings. The lowest BCUT2D eigenvalue weighted by Gasteiger charge is -2.28. The molecule has 1 amide bonds. The van der Waals surface area contributed by atoms with Crippen molar-refractivity contribution in [3.63, 3.8) is 0 Å². The average molecular weight is 242 g/mol. The molecular formula is C12H22N2O3. The van der Waals surface area contributed by atoms with Crippen LogP contribution in [0.5, 0.6) is 0 Å². The van der Waals surface area contributed by atoms with E-state index in [1.165, 1.54) is 0 Å². The monoisotopic (exact) mass is 242 g/mol. The molecule has 4 N–H and O–H groups in total. The zero-order valence-corrected chi connectivity index (χ0v) is 10.4. The molecule has 1 unspecified atom stereocenters. The fraction of sp³-hybridized carbons (Fsp3) is 0.833. The summed E-state index contributed by atoms with van der Waals surface area (Å²) in [6.45, 7) is 1.86. The minimum Gasteiger partial charge on any atom is -0.481 e. The number of rotatable bonds is 6. The zero-order chi connectivity index (χ0) is 12.9. The van der Waals surface area contributed by atoms with E-state index in [9.17, 15) is 9.59 Å².